The topological polar surface area (TPSA) is 91.5 Å². The molecule has 1 aliphatic heterocycles. The molecule has 0 saturated carbocycles. The first-order valence-electron chi connectivity index (χ1n) is 6.36. The summed E-state index contributed by atoms with van der Waals surface area (Å²) in [6, 6.07) is 6.17. The van der Waals surface area contributed by atoms with Gasteiger partial charge in [0.05, 0.1) is 11.7 Å². The van der Waals surface area contributed by atoms with E-state index in [2.05, 4.69) is 20.9 Å². The van der Waals surface area contributed by atoms with E-state index in [1.54, 1.807) is 18.2 Å². The van der Waals surface area contributed by atoms with E-state index in [0.717, 1.165) is 4.47 Å². The van der Waals surface area contributed by atoms with Crippen molar-refractivity contribution in [3.63, 3.8) is 0 Å². The van der Waals surface area contributed by atoms with Crippen LogP contribution in [0.3, 0.4) is 0 Å². The molecule has 1 saturated heterocycles. The quantitative estimate of drug-likeness (QED) is 0.530. The fourth-order valence-electron chi connectivity index (χ4n) is 2.26. The molecule has 1 aliphatic rings. The number of aliphatic imine (C=N–C) groups is 1. The molecule has 0 amide bonds. The van der Waals surface area contributed by atoms with Crippen LogP contribution in [-0.4, -0.2) is 35.2 Å². The Morgan fingerprint density at radius 1 is 1.41 bits per heavy atom. The summed E-state index contributed by atoms with van der Waals surface area (Å²) in [5, 5.41) is 7.50. The molecule has 1 atom stereocenters. The van der Waals surface area contributed by atoms with Gasteiger partial charge in [0.1, 0.15) is 5.84 Å². The molecule has 1 aromatic carbocycles. The maximum Gasteiger partial charge on any atom is 0.252 e. The molecule has 0 aliphatic carbocycles. The number of alkyl halides is 2. The zero-order valence-electron chi connectivity index (χ0n) is 11.6. The van der Waals surface area contributed by atoms with E-state index in [1.165, 1.54) is 4.90 Å². The normalized spacial score (nSPS) is 21.1. The lowest BCUT2D eigenvalue weighted by Crippen LogP contribution is -2.56. The van der Waals surface area contributed by atoms with Crippen molar-refractivity contribution in [2.45, 2.75) is 24.8 Å². The second-order valence-electron chi connectivity index (χ2n) is 4.92. The van der Waals surface area contributed by atoms with Gasteiger partial charge in [0, 0.05) is 23.9 Å². The van der Waals surface area contributed by atoms with Gasteiger partial charge in [-0.15, -0.1) is 12.4 Å². The lowest BCUT2D eigenvalue weighted by Gasteiger charge is -2.39. The predicted molar refractivity (Wildman–Crippen MR) is 89.3 cm³/mol. The SMILES string of the molecule is Cl.N=C(N)N1CCC(F)(F)CC1C(N)=Nc1cccc(Br)c1. The molecule has 0 spiro atoms. The Morgan fingerprint density at radius 3 is 2.68 bits per heavy atom. The van der Waals surface area contributed by atoms with Gasteiger partial charge >= 0.3 is 0 Å². The van der Waals surface area contributed by atoms with Gasteiger partial charge in [0.2, 0.25) is 0 Å². The summed E-state index contributed by atoms with van der Waals surface area (Å²) >= 11 is 3.31. The molecular weight excluding hydrogens is 380 g/mol. The molecule has 0 aromatic heterocycles. The van der Waals surface area contributed by atoms with E-state index in [9.17, 15) is 8.78 Å². The third-order valence-electron chi connectivity index (χ3n) is 3.30. The summed E-state index contributed by atoms with van der Waals surface area (Å²) in [6.45, 7) is -0.0122. The zero-order chi connectivity index (χ0) is 15.6. The molecule has 2 rings (SSSR count). The van der Waals surface area contributed by atoms with Crippen LogP contribution in [-0.2, 0) is 0 Å². The minimum atomic E-state index is -2.83. The van der Waals surface area contributed by atoms with E-state index >= 15 is 0 Å². The number of nitrogens with two attached hydrogens (primary N) is 2. The van der Waals surface area contributed by atoms with Gasteiger partial charge in [-0.3, -0.25) is 5.41 Å². The van der Waals surface area contributed by atoms with Gasteiger partial charge in [0.25, 0.3) is 5.92 Å². The number of nitrogens with zero attached hydrogens (tertiary/aromatic N) is 2. The first kappa shape index (κ1) is 18.6. The highest BCUT2D eigenvalue weighted by Gasteiger charge is 2.42. The molecule has 5 N–H and O–H groups in total. The number of piperidine rings is 1. The molecule has 1 aromatic rings. The molecule has 0 radical (unpaired) electrons. The van der Waals surface area contributed by atoms with E-state index < -0.39 is 18.4 Å². The largest absolute Gasteiger partial charge is 0.385 e. The number of rotatable bonds is 2. The summed E-state index contributed by atoms with van der Waals surface area (Å²) in [7, 11) is 0. The van der Waals surface area contributed by atoms with E-state index in [1.807, 2.05) is 6.07 Å². The van der Waals surface area contributed by atoms with Crippen LogP contribution in [0.2, 0.25) is 0 Å². The molecule has 122 valence electrons. The van der Waals surface area contributed by atoms with Crippen LogP contribution in [0.4, 0.5) is 14.5 Å². The standard InChI is InChI=1S/C13H16BrF2N5.ClH/c14-8-2-1-3-9(6-8)20-11(17)10-7-13(15,16)4-5-21(10)12(18)19;/h1-3,6,10H,4-5,7H2,(H2,17,20)(H3,18,19);1H. The fraction of sp³-hybridized carbons (Fsp3) is 0.385. The van der Waals surface area contributed by atoms with Crippen LogP contribution in [0.15, 0.2) is 33.7 Å². The van der Waals surface area contributed by atoms with Gasteiger partial charge in [-0.2, -0.15) is 0 Å². The Bertz CT molecular complexity index is 581. The second-order valence-corrected chi connectivity index (χ2v) is 5.84. The highest BCUT2D eigenvalue weighted by molar-refractivity contribution is 9.10. The number of hydrogen-bond acceptors (Lipinski definition) is 2. The fourth-order valence-corrected chi connectivity index (χ4v) is 2.64. The number of nitrogens with one attached hydrogen (secondary N) is 1. The van der Waals surface area contributed by atoms with Gasteiger partial charge < -0.3 is 16.4 Å². The molecule has 1 heterocycles. The number of amidine groups is 1. The van der Waals surface area contributed by atoms with Crippen LogP contribution in [0.5, 0.6) is 0 Å². The number of hydrogen-bond donors (Lipinski definition) is 3. The van der Waals surface area contributed by atoms with Crippen LogP contribution in [0, 0.1) is 5.41 Å². The maximum absolute atomic E-state index is 13.6. The van der Waals surface area contributed by atoms with Gasteiger partial charge in [-0.25, -0.2) is 13.8 Å². The van der Waals surface area contributed by atoms with Crippen LogP contribution in [0.25, 0.3) is 0 Å². The Hall–Kier alpha value is -1.41. The Morgan fingerprint density at radius 2 is 2.09 bits per heavy atom. The average Bonchev–Trinajstić information content (AvgIpc) is 2.37. The minimum absolute atomic E-state index is 0. The van der Waals surface area contributed by atoms with E-state index in [-0.39, 0.29) is 37.2 Å². The maximum atomic E-state index is 13.6. The number of likely N-dealkylation sites (tertiary alicyclic amines) is 1. The molecule has 1 unspecified atom stereocenters. The van der Waals surface area contributed by atoms with Crippen molar-refractivity contribution < 1.29 is 8.78 Å². The molecule has 1 fully saturated rings. The second kappa shape index (κ2) is 7.23. The first-order valence-corrected chi connectivity index (χ1v) is 7.16. The number of benzene rings is 1. The predicted octanol–water partition coefficient (Wildman–Crippen LogP) is 2.85. The van der Waals surface area contributed by atoms with Crippen LogP contribution >= 0.6 is 28.3 Å². The molecule has 22 heavy (non-hydrogen) atoms. The molecular formula is C13H17BrClF2N5. The zero-order valence-corrected chi connectivity index (χ0v) is 14.0. The monoisotopic (exact) mass is 395 g/mol. The van der Waals surface area contributed by atoms with Crippen LogP contribution in [0.1, 0.15) is 12.8 Å². The number of guanidine groups is 1. The van der Waals surface area contributed by atoms with Crippen molar-refractivity contribution in [2.75, 3.05) is 6.54 Å². The summed E-state index contributed by atoms with van der Waals surface area (Å²) in [5.74, 6) is -3.07. The van der Waals surface area contributed by atoms with Gasteiger partial charge in [0.15, 0.2) is 5.96 Å². The van der Waals surface area contributed by atoms with Crippen LogP contribution < -0.4 is 11.5 Å². The van der Waals surface area contributed by atoms with Crippen molar-refractivity contribution in [1.29, 1.82) is 5.41 Å². The van der Waals surface area contributed by atoms with Gasteiger partial charge in [-0.1, -0.05) is 22.0 Å². The Kier molecular flexibility index (Phi) is 6.13. The summed E-state index contributed by atoms with van der Waals surface area (Å²) in [5.41, 5.74) is 11.9. The average molecular weight is 397 g/mol. The first-order chi connectivity index (χ1) is 9.78. The van der Waals surface area contributed by atoms with Gasteiger partial charge in [-0.05, 0) is 18.2 Å². The Balaban J connectivity index is 0.00000242. The minimum Gasteiger partial charge on any atom is -0.385 e. The smallest absolute Gasteiger partial charge is 0.252 e. The third kappa shape index (κ3) is 4.54. The molecule has 0 bridgehead atoms. The van der Waals surface area contributed by atoms with Crippen molar-refractivity contribution in [2.24, 2.45) is 16.5 Å². The Labute approximate surface area is 141 Å². The lowest BCUT2D eigenvalue weighted by molar-refractivity contribution is -0.0526. The number of halogens is 4. The highest BCUT2D eigenvalue weighted by atomic mass is 79.9. The van der Waals surface area contributed by atoms with E-state index in [0.29, 0.717) is 5.69 Å². The summed E-state index contributed by atoms with van der Waals surface area (Å²) < 4.78 is 28.0. The lowest BCUT2D eigenvalue weighted by atomic mass is 9.98. The van der Waals surface area contributed by atoms with E-state index in [4.69, 9.17) is 16.9 Å². The summed E-state index contributed by atoms with van der Waals surface area (Å²) in [4.78, 5) is 5.53. The van der Waals surface area contributed by atoms with Crippen molar-refractivity contribution >= 4 is 45.8 Å². The van der Waals surface area contributed by atoms with Crippen molar-refractivity contribution in [1.82, 2.24) is 4.90 Å². The molecule has 5 nitrogen and oxygen atoms in total. The highest BCUT2D eigenvalue weighted by Crippen LogP contribution is 2.32. The third-order valence-corrected chi connectivity index (χ3v) is 3.80. The molecule has 9 heteroatoms. The van der Waals surface area contributed by atoms with Crippen molar-refractivity contribution in [3.8, 4) is 0 Å². The van der Waals surface area contributed by atoms with Crippen molar-refractivity contribution in [3.05, 3.63) is 28.7 Å². The summed E-state index contributed by atoms with van der Waals surface area (Å²) in [6.07, 6.45) is -0.830.